The van der Waals surface area contributed by atoms with E-state index in [1.165, 1.54) is 17.8 Å². The Hall–Kier alpha value is -1.24. The largest absolute Gasteiger partial charge is 0.434 e. The molecule has 4 aromatic rings. The molecule has 0 spiro atoms. The summed E-state index contributed by atoms with van der Waals surface area (Å²) in [6, 6.07) is 3.09. The summed E-state index contributed by atoms with van der Waals surface area (Å²) in [7, 11) is 2.10. The lowest BCUT2D eigenvalue weighted by atomic mass is 10.2. The van der Waals surface area contributed by atoms with E-state index in [0.717, 1.165) is 32.0 Å². The summed E-state index contributed by atoms with van der Waals surface area (Å²) in [5.41, 5.74) is 1.06. The van der Waals surface area contributed by atoms with Gasteiger partial charge in [0.05, 0.1) is 28.9 Å². The molecule has 4 heterocycles. The highest BCUT2D eigenvalue weighted by Crippen LogP contribution is 2.43. The lowest BCUT2D eigenvalue weighted by Crippen LogP contribution is -2.45. The number of benzene rings is 1. The van der Waals surface area contributed by atoms with E-state index in [1.807, 2.05) is 6.26 Å². The lowest BCUT2D eigenvalue weighted by molar-refractivity contribution is 0.312. The van der Waals surface area contributed by atoms with Gasteiger partial charge in [-0.25, -0.2) is 18.8 Å². The highest BCUT2D eigenvalue weighted by atomic mass is 127. The Balaban J connectivity index is 1.69. The predicted molar refractivity (Wildman–Crippen MR) is 146 cm³/mol. The molecule has 1 saturated heterocycles. The molecule has 0 saturated carbocycles. The van der Waals surface area contributed by atoms with Gasteiger partial charge >= 0.3 is 0 Å². The topological polar surface area (TPSA) is 72.2 Å². The molecule has 1 aliphatic heterocycles. The Bertz CT molecular complexity index is 1400. The van der Waals surface area contributed by atoms with E-state index in [2.05, 4.69) is 54.0 Å². The molecule has 178 valence electrons. The number of likely N-dealkylation sites (N-methyl/N-ethyl adjacent to an activating group) is 1. The molecule has 0 N–H and O–H groups in total. The third kappa shape index (κ3) is 4.51. The van der Waals surface area contributed by atoms with E-state index in [0.29, 0.717) is 27.0 Å². The first kappa shape index (κ1) is 24.5. The second-order valence-corrected chi connectivity index (χ2v) is 11.2. The first-order chi connectivity index (χ1) is 16.4. The molecule has 1 unspecified atom stereocenters. The lowest BCUT2D eigenvalue weighted by Gasteiger charge is -2.33. The van der Waals surface area contributed by atoms with Gasteiger partial charge in [-0.05, 0) is 41.4 Å². The van der Waals surface area contributed by atoms with Gasteiger partial charge in [-0.1, -0.05) is 35.0 Å². The Morgan fingerprint density at radius 1 is 1.12 bits per heavy atom. The van der Waals surface area contributed by atoms with E-state index in [1.54, 1.807) is 16.7 Å². The molecule has 34 heavy (non-hydrogen) atoms. The molecule has 0 radical (unpaired) electrons. The number of piperazine rings is 1. The van der Waals surface area contributed by atoms with E-state index in [9.17, 15) is 4.39 Å². The number of hydrogen-bond acceptors (Lipinski definition) is 8. The standard InChI is InChI=1S/C20H18Cl2FIN7OPS/c1-29-3-5-30(6-4-29)18-10-7-14(21)26-19(16(10)27-20(28-18)34-2)32-17-11-9-25-31(33-24)13(11)8-12(23)15(17)22/h7-9,33H,3-6H2,1-2H3. The number of anilines is 1. The predicted octanol–water partition coefficient (Wildman–Crippen LogP) is 5.88. The van der Waals surface area contributed by atoms with E-state index >= 15 is 0 Å². The van der Waals surface area contributed by atoms with Gasteiger partial charge < -0.3 is 14.5 Å². The molecular formula is C20H18Cl2FIN7OPS. The van der Waals surface area contributed by atoms with Crippen LogP contribution in [0.5, 0.6) is 11.6 Å². The zero-order valence-electron chi connectivity index (χ0n) is 18.0. The third-order valence-corrected chi connectivity index (χ3v) is 8.55. The second kappa shape index (κ2) is 10.0. The number of aromatic nitrogens is 5. The zero-order chi connectivity index (χ0) is 24.0. The van der Waals surface area contributed by atoms with Gasteiger partial charge in [0.2, 0.25) is 5.88 Å². The average Bonchev–Trinajstić information content (AvgIpc) is 3.24. The van der Waals surface area contributed by atoms with Crippen LogP contribution >= 0.6 is 63.4 Å². The fraction of sp³-hybridized carbons (Fsp3) is 0.300. The Morgan fingerprint density at radius 2 is 1.88 bits per heavy atom. The van der Waals surface area contributed by atoms with Gasteiger partial charge in [-0.3, -0.25) is 0 Å². The smallest absolute Gasteiger partial charge is 0.247 e. The van der Waals surface area contributed by atoms with Crippen molar-refractivity contribution in [1.82, 2.24) is 29.4 Å². The van der Waals surface area contributed by atoms with Crippen LogP contribution in [0.2, 0.25) is 10.2 Å². The third-order valence-electron chi connectivity index (χ3n) is 5.57. The SMILES string of the molecule is CSc1nc(N2CCN(C)CC2)c2cc(Cl)nc(Oc3c(Cl)c(F)cc4c3cnn4PI)c2n1. The summed E-state index contributed by atoms with van der Waals surface area (Å²) < 4.78 is 22.6. The maximum absolute atomic E-state index is 14.7. The Morgan fingerprint density at radius 3 is 2.59 bits per heavy atom. The van der Waals surface area contributed by atoms with Crippen molar-refractivity contribution in [2.45, 2.75) is 5.16 Å². The Kier molecular flexibility index (Phi) is 7.21. The molecule has 3 aromatic heterocycles. The van der Waals surface area contributed by atoms with Crippen LogP contribution in [0, 0.1) is 5.82 Å². The molecule has 1 fully saturated rings. The van der Waals surface area contributed by atoms with E-state index < -0.39 is 5.82 Å². The van der Waals surface area contributed by atoms with Crippen molar-refractivity contribution in [2.24, 2.45) is 0 Å². The molecule has 8 nitrogen and oxygen atoms in total. The van der Waals surface area contributed by atoms with Crippen molar-refractivity contribution in [3.8, 4) is 11.6 Å². The normalized spacial score (nSPS) is 15.3. The number of rotatable bonds is 5. The van der Waals surface area contributed by atoms with Gasteiger partial charge in [0.15, 0.2) is 10.9 Å². The van der Waals surface area contributed by atoms with Crippen molar-refractivity contribution >= 4 is 91.0 Å². The van der Waals surface area contributed by atoms with Crippen LogP contribution in [0.15, 0.2) is 23.5 Å². The number of nitrogens with zero attached hydrogens (tertiary/aromatic N) is 7. The molecule has 1 aliphatic rings. The van der Waals surface area contributed by atoms with Crippen LogP contribution in [-0.2, 0) is 0 Å². The summed E-state index contributed by atoms with van der Waals surface area (Å²) >= 11 is 16.4. The van der Waals surface area contributed by atoms with Gasteiger partial charge in [0.25, 0.3) is 0 Å². The summed E-state index contributed by atoms with van der Waals surface area (Å²) in [6.45, 7) is 3.47. The number of halogens is 4. The number of fused-ring (bicyclic) bond motifs is 2. The summed E-state index contributed by atoms with van der Waals surface area (Å²) in [4.78, 5) is 18.3. The number of pyridine rings is 1. The maximum Gasteiger partial charge on any atom is 0.247 e. The summed E-state index contributed by atoms with van der Waals surface area (Å²) in [5.74, 6) is 0.420. The van der Waals surface area contributed by atoms with Crippen molar-refractivity contribution in [1.29, 1.82) is 0 Å². The number of hydrogen-bond donors (Lipinski definition) is 0. The fourth-order valence-corrected chi connectivity index (χ4v) is 6.07. The van der Waals surface area contributed by atoms with Crippen LogP contribution in [-0.4, -0.2) is 68.9 Å². The number of thioether (sulfide) groups is 1. The van der Waals surface area contributed by atoms with Crippen molar-refractivity contribution in [2.75, 3.05) is 44.4 Å². The van der Waals surface area contributed by atoms with E-state index in [4.69, 9.17) is 32.9 Å². The maximum atomic E-state index is 14.7. The Labute approximate surface area is 223 Å². The molecule has 5 rings (SSSR count). The van der Waals surface area contributed by atoms with Gasteiger partial charge in [-0.2, -0.15) is 10.1 Å². The van der Waals surface area contributed by atoms with Crippen molar-refractivity contribution < 1.29 is 9.13 Å². The fourth-order valence-electron chi connectivity index (χ4n) is 3.80. The quantitative estimate of drug-likeness (QED) is 0.0872. The monoisotopic (exact) mass is 651 g/mol. The molecular weight excluding hydrogens is 634 g/mol. The minimum atomic E-state index is -0.607. The number of ether oxygens (including phenoxy) is 1. The molecule has 14 heteroatoms. The molecule has 1 aromatic carbocycles. The summed E-state index contributed by atoms with van der Waals surface area (Å²) in [5, 5.41) is 6.24. The molecule has 1 atom stereocenters. The first-order valence-electron chi connectivity index (χ1n) is 10.2. The highest BCUT2D eigenvalue weighted by Gasteiger charge is 2.24. The van der Waals surface area contributed by atoms with Crippen molar-refractivity contribution in [3.05, 3.63) is 34.3 Å². The molecule has 0 amide bonds. The second-order valence-electron chi connectivity index (χ2n) is 7.65. The van der Waals surface area contributed by atoms with Crippen molar-refractivity contribution in [3.63, 3.8) is 0 Å². The minimum Gasteiger partial charge on any atom is -0.434 e. The van der Waals surface area contributed by atoms with Crippen LogP contribution in [0.3, 0.4) is 0 Å². The summed E-state index contributed by atoms with van der Waals surface area (Å²) in [6.07, 6.45) is 3.80. The van der Waals surface area contributed by atoms with Crippen LogP contribution in [0.25, 0.3) is 21.8 Å². The van der Waals surface area contributed by atoms with Gasteiger partial charge in [-0.15, -0.1) is 0 Å². The minimum absolute atomic E-state index is 0.124. The van der Waals surface area contributed by atoms with Crippen LogP contribution in [0.1, 0.15) is 0 Å². The van der Waals surface area contributed by atoms with Gasteiger partial charge in [0, 0.05) is 32.2 Å². The first-order valence-corrected chi connectivity index (χ1v) is 16.2. The molecule has 0 aliphatic carbocycles. The van der Waals surface area contributed by atoms with E-state index in [-0.39, 0.29) is 28.2 Å². The zero-order valence-corrected chi connectivity index (χ0v) is 23.5. The average molecular weight is 652 g/mol. The van der Waals surface area contributed by atoms with Crippen LogP contribution < -0.4 is 9.64 Å². The van der Waals surface area contributed by atoms with Crippen LogP contribution in [0.4, 0.5) is 10.2 Å². The molecule has 0 bridgehead atoms. The van der Waals surface area contributed by atoms with Gasteiger partial charge in [0.1, 0.15) is 27.3 Å². The highest BCUT2D eigenvalue weighted by molar-refractivity contribution is 14.2.